The van der Waals surface area contributed by atoms with E-state index in [0.717, 1.165) is 19.3 Å². The minimum absolute atomic E-state index is 0.160. The molecule has 1 atom stereocenters. The third kappa shape index (κ3) is 12.5. The van der Waals surface area contributed by atoms with Gasteiger partial charge in [0.1, 0.15) is 8.07 Å². The van der Waals surface area contributed by atoms with Crippen LogP contribution in [0.1, 0.15) is 72.6 Å². The molecule has 0 aromatic rings. The fourth-order valence-electron chi connectivity index (χ4n) is 2.09. The second-order valence-electron chi connectivity index (χ2n) is 9.62. The van der Waals surface area contributed by atoms with Crippen LogP contribution in [0.15, 0.2) is 0 Å². The highest BCUT2D eigenvalue weighted by atomic mass is 28.4. The van der Waals surface area contributed by atoms with Crippen molar-refractivity contribution in [1.29, 1.82) is 0 Å². The van der Waals surface area contributed by atoms with Crippen LogP contribution in [0.3, 0.4) is 0 Å². The van der Waals surface area contributed by atoms with Gasteiger partial charge in [0.25, 0.3) is 0 Å². The summed E-state index contributed by atoms with van der Waals surface area (Å²) in [7, 11) is -3.09. The fraction of sp³-hybridized carbons (Fsp3) is 0.818. The maximum absolute atomic E-state index is 6.61. The van der Waals surface area contributed by atoms with Crippen molar-refractivity contribution in [1.82, 2.24) is 0 Å². The normalized spacial score (nSPS) is 13.5. The Labute approximate surface area is 160 Å². The van der Waals surface area contributed by atoms with Gasteiger partial charge in [0.2, 0.25) is 0 Å². The van der Waals surface area contributed by atoms with Gasteiger partial charge in [-0.15, -0.1) is 23.3 Å². The average Bonchev–Trinajstić information content (AvgIpc) is 2.43. The van der Waals surface area contributed by atoms with Crippen LogP contribution in [0, 0.1) is 23.3 Å². The minimum atomic E-state index is -1.77. The molecule has 3 heteroatoms. The summed E-state index contributed by atoms with van der Waals surface area (Å²) in [6.45, 7) is 20.7. The Morgan fingerprint density at radius 2 is 1.44 bits per heavy atom. The summed E-state index contributed by atoms with van der Waals surface area (Å²) in [5.74, 6) is 10.1. The topological polar surface area (TPSA) is 9.23 Å². The molecule has 0 saturated carbocycles. The van der Waals surface area contributed by atoms with E-state index in [1.54, 1.807) is 0 Å². The first-order valence-electron chi connectivity index (χ1n) is 10.0. The van der Waals surface area contributed by atoms with Gasteiger partial charge in [-0.1, -0.05) is 66.6 Å². The highest BCUT2D eigenvalue weighted by molar-refractivity contribution is 6.83. The average molecular weight is 379 g/mol. The Hall–Kier alpha value is -0.486. The molecule has 0 amide bonds. The van der Waals surface area contributed by atoms with E-state index in [4.69, 9.17) is 4.43 Å². The highest BCUT2D eigenvalue weighted by Gasteiger charge is 2.38. The zero-order valence-electron chi connectivity index (χ0n) is 18.4. The van der Waals surface area contributed by atoms with E-state index in [1.807, 2.05) is 0 Å². The first-order chi connectivity index (χ1) is 11.4. The van der Waals surface area contributed by atoms with E-state index >= 15 is 0 Å². The molecule has 0 bridgehead atoms. The van der Waals surface area contributed by atoms with E-state index in [2.05, 4.69) is 83.7 Å². The van der Waals surface area contributed by atoms with E-state index in [1.165, 1.54) is 25.7 Å². The second-order valence-corrected chi connectivity index (χ2v) is 19.1. The number of rotatable bonds is 8. The molecule has 0 aromatic carbocycles. The zero-order chi connectivity index (χ0) is 19.6. The lowest BCUT2D eigenvalue weighted by molar-refractivity contribution is 0.191. The quantitative estimate of drug-likeness (QED) is 0.251. The number of hydrogen-bond donors (Lipinski definition) is 0. The van der Waals surface area contributed by atoms with Crippen LogP contribution in [0.5, 0.6) is 0 Å². The van der Waals surface area contributed by atoms with E-state index in [0.29, 0.717) is 0 Å². The van der Waals surface area contributed by atoms with Gasteiger partial charge in [-0.3, -0.25) is 0 Å². The monoisotopic (exact) mass is 378 g/mol. The van der Waals surface area contributed by atoms with Crippen molar-refractivity contribution >= 4 is 16.4 Å². The van der Waals surface area contributed by atoms with Crippen molar-refractivity contribution < 1.29 is 4.43 Å². The minimum Gasteiger partial charge on any atom is -0.412 e. The maximum atomic E-state index is 6.61. The fourth-order valence-corrected chi connectivity index (χ4v) is 4.08. The van der Waals surface area contributed by atoms with Crippen molar-refractivity contribution in [3.63, 3.8) is 0 Å². The molecule has 0 radical (unpaired) electrons. The zero-order valence-corrected chi connectivity index (χ0v) is 20.4. The Morgan fingerprint density at radius 1 is 0.840 bits per heavy atom. The predicted molar refractivity (Wildman–Crippen MR) is 119 cm³/mol. The number of hydrogen-bond acceptors (Lipinski definition) is 1. The highest BCUT2D eigenvalue weighted by Crippen LogP contribution is 2.37. The molecule has 0 aliphatic heterocycles. The Bertz CT molecular complexity index is 487. The molecular weight excluding hydrogens is 336 g/mol. The Balaban J connectivity index is 4.79. The third-order valence-electron chi connectivity index (χ3n) is 4.67. The van der Waals surface area contributed by atoms with E-state index in [-0.39, 0.29) is 11.1 Å². The summed E-state index contributed by atoms with van der Waals surface area (Å²) in [6.07, 6.45) is 7.96. The maximum Gasteiger partial charge on any atom is 0.192 e. The van der Waals surface area contributed by atoms with Crippen molar-refractivity contribution in [3.8, 4) is 23.3 Å². The second kappa shape index (κ2) is 11.3. The van der Waals surface area contributed by atoms with Crippen LogP contribution in [0.4, 0.5) is 0 Å². The molecule has 0 fully saturated rings. The molecule has 0 aliphatic carbocycles. The summed E-state index contributed by atoms with van der Waals surface area (Å²) in [5, 5.41) is 0.227. The lowest BCUT2D eigenvalue weighted by Gasteiger charge is -2.38. The van der Waals surface area contributed by atoms with Gasteiger partial charge in [-0.25, -0.2) is 0 Å². The first-order valence-corrected chi connectivity index (χ1v) is 16.4. The molecule has 0 N–H and O–H groups in total. The summed E-state index contributed by atoms with van der Waals surface area (Å²) in [4.78, 5) is 0. The van der Waals surface area contributed by atoms with Crippen molar-refractivity contribution in [2.24, 2.45) is 0 Å². The predicted octanol–water partition coefficient (Wildman–Crippen LogP) is 7.01. The molecule has 144 valence electrons. The molecule has 0 spiro atoms. The molecule has 0 rings (SSSR count). The number of unbranched alkanes of at least 4 members (excludes halogenated alkanes) is 4. The SMILES string of the molecule is CCCCCCC#CCC(CC#C[Si](C)(C)C)O[Si](C)(C)C(C)(C)C. The van der Waals surface area contributed by atoms with Crippen LogP contribution in [-0.4, -0.2) is 22.5 Å². The summed E-state index contributed by atoms with van der Waals surface area (Å²) < 4.78 is 6.61. The molecule has 0 saturated heterocycles. The largest absolute Gasteiger partial charge is 0.412 e. The molecule has 25 heavy (non-hydrogen) atoms. The van der Waals surface area contributed by atoms with Gasteiger partial charge in [-0.2, -0.15) is 0 Å². The molecule has 0 aliphatic rings. The Morgan fingerprint density at radius 3 is 1.96 bits per heavy atom. The lowest BCUT2D eigenvalue weighted by Crippen LogP contribution is -2.43. The first kappa shape index (κ1) is 24.5. The smallest absolute Gasteiger partial charge is 0.192 e. The van der Waals surface area contributed by atoms with Crippen LogP contribution in [-0.2, 0) is 4.43 Å². The molecule has 0 aromatic heterocycles. The van der Waals surface area contributed by atoms with E-state index < -0.39 is 16.4 Å². The van der Waals surface area contributed by atoms with Crippen molar-refractivity contribution in [2.45, 2.75) is 117 Å². The molecule has 1 unspecified atom stereocenters. The van der Waals surface area contributed by atoms with E-state index in [9.17, 15) is 0 Å². The molecular formula is C22H42OSi2. The van der Waals surface area contributed by atoms with Crippen molar-refractivity contribution in [3.05, 3.63) is 0 Å². The third-order valence-corrected chi connectivity index (χ3v) is 10.1. The van der Waals surface area contributed by atoms with Gasteiger partial charge in [0, 0.05) is 19.3 Å². The van der Waals surface area contributed by atoms with Gasteiger partial charge >= 0.3 is 0 Å². The van der Waals surface area contributed by atoms with Crippen LogP contribution >= 0.6 is 0 Å². The van der Waals surface area contributed by atoms with Crippen LogP contribution in [0.25, 0.3) is 0 Å². The lowest BCUT2D eigenvalue weighted by atomic mass is 10.1. The van der Waals surface area contributed by atoms with Gasteiger partial charge < -0.3 is 4.43 Å². The van der Waals surface area contributed by atoms with Gasteiger partial charge in [0.15, 0.2) is 8.32 Å². The summed E-state index contributed by atoms with van der Waals surface area (Å²) in [5.41, 5.74) is 3.48. The standard InChI is InChI=1S/C22H42OSi2/c1-10-11-12-13-14-15-16-18-21(19-17-20-24(5,6)7)23-25(8,9)22(2,3)4/h21H,10-14,18-19H2,1-9H3. The Kier molecular flexibility index (Phi) is 11.1. The van der Waals surface area contributed by atoms with Gasteiger partial charge in [-0.05, 0) is 24.6 Å². The van der Waals surface area contributed by atoms with Crippen molar-refractivity contribution in [2.75, 3.05) is 0 Å². The van der Waals surface area contributed by atoms with Crippen LogP contribution in [0.2, 0.25) is 37.8 Å². The summed E-state index contributed by atoms with van der Waals surface area (Å²) >= 11 is 0. The summed E-state index contributed by atoms with van der Waals surface area (Å²) in [6, 6.07) is 0. The van der Waals surface area contributed by atoms with Crippen LogP contribution < -0.4 is 0 Å². The molecule has 0 heterocycles. The molecule has 1 nitrogen and oxygen atoms in total. The van der Waals surface area contributed by atoms with Gasteiger partial charge in [0.05, 0.1) is 6.10 Å².